The molecule has 0 unspecified atom stereocenters. The number of pyridine rings is 1. The number of fused-ring (bicyclic) bond motifs is 1. The third kappa shape index (κ3) is 2.64. The van der Waals surface area contributed by atoms with Gasteiger partial charge >= 0.3 is 0 Å². The lowest BCUT2D eigenvalue weighted by molar-refractivity contribution is 0.619. The molecule has 0 saturated heterocycles. The van der Waals surface area contributed by atoms with Crippen molar-refractivity contribution in [2.45, 2.75) is 0 Å². The SMILES string of the molecule is Fc1cnc(Cl)nc1Nc1cnc2ccc(Cl)cc2c1. The number of aromatic nitrogens is 3. The van der Waals surface area contributed by atoms with E-state index in [1.807, 2.05) is 6.07 Å². The Balaban J connectivity index is 2.00. The molecule has 2 heterocycles. The van der Waals surface area contributed by atoms with Gasteiger partial charge < -0.3 is 5.32 Å². The Morgan fingerprint density at radius 3 is 2.75 bits per heavy atom. The first-order valence-electron chi connectivity index (χ1n) is 5.62. The van der Waals surface area contributed by atoms with E-state index in [2.05, 4.69) is 20.3 Å². The summed E-state index contributed by atoms with van der Waals surface area (Å²) in [5, 5.41) is 4.21. The summed E-state index contributed by atoms with van der Waals surface area (Å²) >= 11 is 11.6. The minimum atomic E-state index is -0.597. The van der Waals surface area contributed by atoms with Crippen molar-refractivity contribution in [3.8, 4) is 0 Å². The van der Waals surface area contributed by atoms with Gasteiger partial charge in [-0.15, -0.1) is 0 Å². The molecule has 0 amide bonds. The smallest absolute Gasteiger partial charge is 0.224 e. The third-order valence-corrected chi connectivity index (χ3v) is 3.04. The van der Waals surface area contributed by atoms with E-state index in [1.54, 1.807) is 24.4 Å². The van der Waals surface area contributed by atoms with Crippen molar-refractivity contribution >= 4 is 45.6 Å². The van der Waals surface area contributed by atoms with Gasteiger partial charge in [0.2, 0.25) is 5.28 Å². The maximum atomic E-state index is 13.5. The number of nitrogens with zero attached hydrogens (tertiary/aromatic N) is 3. The Hall–Kier alpha value is -1.98. The van der Waals surface area contributed by atoms with Gasteiger partial charge in [-0.05, 0) is 35.9 Å². The number of hydrogen-bond donors (Lipinski definition) is 1. The van der Waals surface area contributed by atoms with Crippen molar-refractivity contribution in [1.29, 1.82) is 0 Å². The van der Waals surface area contributed by atoms with Crippen LogP contribution in [-0.4, -0.2) is 15.0 Å². The molecule has 7 heteroatoms. The van der Waals surface area contributed by atoms with E-state index in [9.17, 15) is 4.39 Å². The number of rotatable bonds is 2. The van der Waals surface area contributed by atoms with Crippen molar-refractivity contribution < 1.29 is 4.39 Å². The maximum absolute atomic E-state index is 13.5. The minimum Gasteiger partial charge on any atom is -0.336 e. The van der Waals surface area contributed by atoms with Crippen molar-refractivity contribution in [3.63, 3.8) is 0 Å². The van der Waals surface area contributed by atoms with Crippen LogP contribution in [0.3, 0.4) is 0 Å². The van der Waals surface area contributed by atoms with Crippen LogP contribution in [0.5, 0.6) is 0 Å². The molecule has 0 aliphatic heterocycles. The molecule has 20 heavy (non-hydrogen) atoms. The van der Waals surface area contributed by atoms with E-state index in [4.69, 9.17) is 23.2 Å². The fraction of sp³-hybridized carbons (Fsp3) is 0. The minimum absolute atomic E-state index is 0.00632. The molecule has 4 nitrogen and oxygen atoms in total. The van der Waals surface area contributed by atoms with Crippen LogP contribution in [0, 0.1) is 5.82 Å². The zero-order valence-electron chi connectivity index (χ0n) is 9.94. The monoisotopic (exact) mass is 308 g/mol. The van der Waals surface area contributed by atoms with E-state index < -0.39 is 5.82 Å². The molecule has 0 saturated carbocycles. The van der Waals surface area contributed by atoms with Crippen molar-refractivity contribution in [2.75, 3.05) is 5.32 Å². The quantitative estimate of drug-likeness (QED) is 0.720. The fourth-order valence-corrected chi connectivity index (χ4v) is 2.05. The van der Waals surface area contributed by atoms with Crippen molar-refractivity contribution in [3.05, 3.63) is 52.8 Å². The van der Waals surface area contributed by atoms with Gasteiger partial charge in [-0.3, -0.25) is 4.98 Å². The lowest BCUT2D eigenvalue weighted by Crippen LogP contribution is -1.99. The summed E-state index contributed by atoms with van der Waals surface area (Å²) in [4.78, 5) is 11.6. The molecule has 0 spiro atoms. The van der Waals surface area contributed by atoms with Crippen LogP contribution in [0.4, 0.5) is 15.9 Å². The lowest BCUT2D eigenvalue weighted by Gasteiger charge is -2.07. The molecule has 0 aliphatic rings. The van der Waals surface area contributed by atoms with Crippen LogP contribution in [0.2, 0.25) is 10.3 Å². The molecule has 0 fully saturated rings. The average molecular weight is 309 g/mol. The standard InChI is InChI=1S/C13H7Cl2FN4/c14-8-1-2-11-7(3-8)4-9(5-17-11)19-12-10(16)6-18-13(15)20-12/h1-6H,(H,18,19,20). The molecule has 3 rings (SSSR count). The third-order valence-electron chi connectivity index (χ3n) is 2.62. The number of hydrogen-bond acceptors (Lipinski definition) is 4. The summed E-state index contributed by atoms with van der Waals surface area (Å²) in [6.45, 7) is 0. The Morgan fingerprint density at radius 2 is 1.90 bits per heavy atom. The topological polar surface area (TPSA) is 50.7 Å². The zero-order valence-corrected chi connectivity index (χ0v) is 11.5. The fourth-order valence-electron chi connectivity index (χ4n) is 1.74. The van der Waals surface area contributed by atoms with Gasteiger partial charge in [0, 0.05) is 10.4 Å². The first-order valence-corrected chi connectivity index (χ1v) is 6.38. The summed E-state index contributed by atoms with van der Waals surface area (Å²) in [5.74, 6) is -0.603. The molecular formula is C13H7Cl2FN4. The van der Waals surface area contributed by atoms with Gasteiger partial charge in [0.25, 0.3) is 0 Å². The molecule has 0 radical (unpaired) electrons. The molecule has 3 aromatic rings. The van der Waals surface area contributed by atoms with E-state index in [0.717, 1.165) is 17.1 Å². The highest BCUT2D eigenvalue weighted by atomic mass is 35.5. The number of nitrogens with one attached hydrogen (secondary N) is 1. The van der Waals surface area contributed by atoms with Crippen LogP contribution in [-0.2, 0) is 0 Å². The Kier molecular flexibility index (Phi) is 3.38. The van der Waals surface area contributed by atoms with E-state index in [1.165, 1.54) is 0 Å². The van der Waals surface area contributed by atoms with E-state index >= 15 is 0 Å². The molecule has 0 atom stereocenters. The van der Waals surface area contributed by atoms with Gasteiger partial charge in [-0.1, -0.05) is 11.6 Å². The Bertz CT molecular complexity index is 794. The van der Waals surface area contributed by atoms with Crippen LogP contribution >= 0.6 is 23.2 Å². The normalized spacial score (nSPS) is 10.8. The first kappa shape index (κ1) is 13.0. The van der Waals surface area contributed by atoms with Crippen LogP contribution < -0.4 is 5.32 Å². The highest BCUT2D eigenvalue weighted by Gasteiger charge is 2.07. The zero-order chi connectivity index (χ0) is 14.1. The molecule has 100 valence electrons. The molecule has 1 aromatic carbocycles. The number of halogens is 3. The maximum Gasteiger partial charge on any atom is 0.224 e. The second-order valence-corrected chi connectivity index (χ2v) is 4.80. The number of benzene rings is 1. The van der Waals surface area contributed by atoms with Gasteiger partial charge in [-0.25, -0.2) is 9.37 Å². The van der Waals surface area contributed by atoms with Crippen LogP contribution in [0.1, 0.15) is 0 Å². The van der Waals surface area contributed by atoms with Crippen molar-refractivity contribution in [1.82, 2.24) is 15.0 Å². The van der Waals surface area contributed by atoms with Gasteiger partial charge in [-0.2, -0.15) is 4.98 Å². The molecule has 0 bridgehead atoms. The summed E-state index contributed by atoms with van der Waals surface area (Å²) in [6.07, 6.45) is 2.58. The molecule has 0 aliphatic carbocycles. The highest BCUT2D eigenvalue weighted by molar-refractivity contribution is 6.31. The second kappa shape index (κ2) is 5.19. The van der Waals surface area contributed by atoms with Gasteiger partial charge in [0.1, 0.15) is 0 Å². The van der Waals surface area contributed by atoms with Gasteiger partial charge in [0.05, 0.1) is 23.6 Å². The van der Waals surface area contributed by atoms with E-state index in [-0.39, 0.29) is 11.1 Å². The van der Waals surface area contributed by atoms with Crippen LogP contribution in [0.25, 0.3) is 10.9 Å². The largest absolute Gasteiger partial charge is 0.336 e. The predicted molar refractivity (Wildman–Crippen MR) is 77.0 cm³/mol. The predicted octanol–water partition coefficient (Wildman–Crippen LogP) is 4.21. The van der Waals surface area contributed by atoms with Gasteiger partial charge in [0.15, 0.2) is 11.6 Å². The summed E-state index contributed by atoms with van der Waals surface area (Å²) in [6, 6.07) is 7.14. The second-order valence-electron chi connectivity index (χ2n) is 4.02. The van der Waals surface area contributed by atoms with E-state index in [0.29, 0.717) is 10.7 Å². The summed E-state index contributed by atoms with van der Waals surface area (Å²) < 4.78 is 13.5. The molecular weight excluding hydrogens is 302 g/mol. The number of anilines is 2. The average Bonchev–Trinajstić information content (AvgIpc) is 2.42. The summed E-state index contributed by atoms with van der Waals surface area (Å²) in [7, 11) is 0. The Labute approximate surface area is 123 Å². The molecule has 1 N–H and O–H groups in total. The Morgan fingerprint density at radius 1 is 1.05 bits per heavy atom. The lowest BCUT2D eigenvalue weighted by atomic mass is 10.2. The van der Waals surface area contributed by atoms with Crippen molar-refractivity contribution in [2.24, 2.45) is 0 Å². The summed E-state index contributed by atoms with van der Waals surface area (Å²) in [5.41, 5.74) is 1.37. The highest BCUT2D eigenvalue weighted by Crippen LogP contribution is 2.23. The first-order chi connectivity index (χ1) is 9.61. The molecule has 2 aromatic heterocycles. The van der Waals surface area contributed by atoms with Crippen LogP contribution in [0.15, 0.2) is 36.7 Å².